The fourth-order valence-electron chi connectivity index (χ4n) is 1.68. The van der Waals surface area contributed by atoms with Crippen molar-refractivity contribution < 1.29 is 17.5 Å². The van der Waals surface area contributed by atoms with E-state index in [4.69, 9.17) is 4.55 Å². The molecular weight excluding hydrogens is 226 g/mol. The van der Waals surface area contributed by atoms with Gasteiger partial charge in [-0.15, -0.1) is 5.73 Å². The third-order valence-electron chi connectivity index (χ3n) is 2.43. The molecule has 1 rings (SSSR count). The molecule has 4 nitrogen and oxygen atoms in total. The van der Waals surface area contributed by atoms with Crippen molar-refractivity contribution in [3.8, 4) is 0 Å². The Morgan fingerprint density at radius 3 is 2.62 bits per heavy atom. The van der Waals surface area contributed by atoms with E-state index in [9.17, 15) is 8.42 Å². The van der Waals surface area contributed by atoms with E-state index in [-0.39, 0.29) is 5.75 Å². The van der Waals surface area contributed by atoms with Gasteiger partial charge in [0.2, 0.25) is 0 Å². The second-order valence-electron chi connectivity index (χ2n) is 4.65. The molecule has 0 fully saturated rings. The van der Waals surface area contributed by atoms with Crippen LogP contribution in [0.15, 0.2) is 29.5 Å². The van der Waals surface area contributed by atoms with Crippen LogP contribution in [0.4, 0.5) is 0 Å². The first-order valence-corrected chi connectivity index (χ1v) is 6.79. The van der Waals surface area contributed by atoms with E-state index >= 15 is 0 Å². The minimum atomic E-state index is -3.83. The van der Waals surface area contributed by atoms with Crippen LogP contribution in [-0.2, 0) is 10.1 Å². The van der Waals surface area contributed by atoms with Crippen molar-refractivity contribution in [1.82, 2.24) is 0 Å². The number of nitrogens with zero attached hydrogens (tertiary/aromatic N) is 1. The van der Waals surface area contributed by atoms with Crippen LogP contribution in [-0.4, -0.2) is 50.4 Å². The molecule has 90 valence electrons. The second-order valence-corrected chi connectivity index (χ2v) is 6.22. The molecule has 0 spiro atoms. The predicted molar refractivity (Wildman–Crippen MR) is 63.6 cm³/mol. The monoisotopic (exact) mass is 244 g/mol. The lowest BCUT2D eigenvalue weighted by Crippen LogP contribution is -2.42. The zero-order chi connectivity index (χ0) is 12.2. The van der Waals surface area contributed by atoms with Crippen LogP contribution >= 0.6 is 0 Å². The minimum absolute atomic E-state index is 0.167. The van der Waals surface area contributed by atoms with Gasteiger partial charge >= 0.3 is 0 Å². The largest absolute Gasteiger partial charge is 0.324 e. The zero-order valence-electron chi connectivity index (χ0n) is 9.68. The van der Waals surface area contributed by atoms with Gasteiger partial charge in [0.25, 0.3) is 10.1 Å². The molecule has 0 aromatic heterocycles. The Hall–Kier alpha value is -0.870. The summed E-state index contributed by atoms with van der Waals surface area (Å²) in [5.74, 6) is -0.167. The Kier molecular flexibility index (Phi) is 4.10. The van der Waals surface area contributed by atoms with Gasteiger partial charge in [0.1, 0.15) is 6.54 Å². The third kappa shape index (κ3) is 5.28. The van der Waals surface area contributed by atoms with Gasteiger partial charge < -0.3 is 4.48 Å². The zero-order valence-corrected chi connectivity index (χ0v) is 10.5. The molecule has 16 heavy (non-hydrogen) atoms. The highest BCUT2D eigenvalue weighted by atomic mass is 32.2. The fraction of sp³-hybridized carbons (Fsp3) is 0.545. The highest BCUT2D eigenvalue weighted by molar-refractivity contribution is 7.85. The lowest BCUT2D eigenvalue weighted by molar-refractivity contribution is -0.885. The molecule has 0 aromatic carbocycles. The topological polar surface area (TPSA) is 54.4 Å². The summed E-state index contributed by atoms with van der Waals surface area (Å²) in [4.78, 5) is 0. The molecule has 1 aliphatic carbocycles. The standard InChI is InChI=1S/C11H17NO3S/c1-12(2,8-5-9-16(13,14)15)10-11-6-3-4-7-11/h3-4,6H,5,8-10H2,1-2H3/p+1. The first-order chi connectivity index (χ1) is 7.29. The lowest BCUT2D eigenvalue weighted by Gasteiger charge is -2.29. The Labute approximate surface area is 96.9 Å². The van der Waals surface area contributed by atoms with Gasteiger partial charge in [0.15, 0.2) is 0 Å². The summed E-state index contributed by atoms with van der Waals surface area (Å²) in [6.07, 6.45) is 6.27. The van der Waals surface area contributed by atoms with Crippen LogP contribution in [0, 0.1) is 0 Å². The average Bonchev–Trinajstić information content (AvgIpc) is 2.52. The lowest BCUT2D eigenvalue weighted by atomic mass is 10.2. The van der Waals surface area contributed by atoms with Crippen molar-refractivity contribution in [1.29, 1.82) is 0 Å². The summed E-state index contributed by atoms with van der Waals surface area (Å²) in [5, 5.41) is 0. The SMILES string of the molecule is C[N+](C)(CCCS(=O)(=O)O)CC1=C=CC=C1. The Morgan fingerprint density at radius 2 is 2.12 bits per heavy atom. The molecule has 0 radical (unpaired) electrons. The van der Waals surface area contributed by atoms with Crippen LogP contribution in [0.5, 0.6) is 0 Å². The van der Waals surface area contributed by atoms with Crippen molar-refractivity contribution >= 4 is 10.1 Å². The summed E-state index contributed by atoms with van der Waals surface area (Å²) in [7, 11) is 0.239. The van der Waals surface area contributed by atoms with E-state index in [1.54, 1.807) is 0 Å². The normalized spacial score (nSPS) is 15.6. The summed E-state index contributed by atoms with van der Waals surface area (Å²) in [6.45, 7) is 1.53. The van der Waals surface area contributed by atoms with Crippen LogP contribution in [0.3, 0.4) is 0 Å². The molecule has 1 N–H and O–H groups in total. The van der Waals surface area contributed by atoms with Crippen molar-refractivity contribution in [3.05, 3.63) is 29.5 Å². The Bertz CT molecular complexity index is 440. The number of allylic oxidation sites excluding steroid dienone is 1. The van der Waals surface area contributed by atoms with Crippen molar-refractivity contribution in [3.63, 3.8) is 0 Å². The van der Waals surface area contributed by atoms with Gasteiger partial charge in [-0.1, -0.05) is 6.08 Å². The predicted octanol–water partition coefficient (Wildman–Crippen LogP) is 0.992. The van der Waals surface area contributed by atoms with Crippen LogP contribution < -0.4 is 0 Å². The van der Waals surface area contributed by atoms with Crippen molar-refractivity contribution in [2.24, 2.45) is 0 Å². The smallest absolute Gasteiger partial charge is 0.265 e. The van der Waals surface area contributed by atoms with E-state index in [1.165, 1.54) is 0 Å². The number of rotatable bonds is 6. The van der Waals surface area contributed by atoms with Gasteiger partial charge in [-0.2, -0.15) is 8.42 Å². The third-order valence-corrected chi connectivity index (χ3v) is 3.23. The summed E-state index contributed by atoms with van der Waals surface area (Å²) in [5.41, 5.74) is 4.24. The molecule has 5 heteroatoms. The summed E-state index contributed by atoms with van der Waals surface area (Å²) >= 11 is 0. The molecule has 0 bridgehead atoms. The maximum atomic E-state index is 10.6. The second kappa shape index (κ2) is 4.97. The van der Waals surface area contributed by atoms with Gasteiger partial charge in [0, 0.05) is 12.0 Å². The number of quaternary nitrogens is 1. The van der Waals surface area contributed by atoms with E-state index in [0.717, 1.165) is 12.1 Å². The molecule has 0 atom stereocenters. The maximum Gasteiger partial charge on any atom is 0.265 e. The molecule has 0 saturated heterocycles. The molecule has 0 aliphatic heterocycles. The molecule has 0 unspecified atom stereocenters. The van der Waals surface area contributed by atoms with Gasteiger partial charge in [0.05, 0.1) is 26.4 Å². The number of likely N-dealkylation sites (N-methyl/N-ethyl adjacent to an activating group) is 1. The van der Waals surface area contributed by atoms with Crippen molar-refractivity contribution in [2.75, 3.05) is 32.9 Å². The number of hydrogen-bond acceptors (Lipinski definition) is 2. The fourth-order valence-corrected chi connectivity index (χ4v) is 2.17. The van der Waals surface area contributed by atoms with E-state index in [0.29, 0.717) is 17.4 Å². The molecule has 1 aliphatic rings. The Balaban J connectivity index is 2.40. The Morgan fingerprint density at radius 1 is 1.44 bits per heavy atom. The molecule has 0 aromatic rings. The van der Waals surface area contributed by atoms with Gasteiger partial charge in [-0.25, -0.2) is 0 Å². The first kappa shape index (κ1) is 13.2. The van der Waals surface area contributed by atoms with Crippen LogP contribution in [0.25, 0.3) is 0 Å². The molecule has 0 heterocycles. The molecule has 0 saturated carbocycles. The van der Waals surface area contributed by atoms with Crippen LogP contribution in [0.1, 0.15) is 6.42 Å². The van der Waals surface area contributed by atoms with Crippen molar-refractivity contribution in [2.45, 2.75) is 6.42 Å². The summed E-state index contributed by atoms with van der Waals surface area (Å²) < 4.78 is 30.5. The van der Waals surface area contributed by atoms with Gasteiger partial charge in [-0.05, 0) is 12.2 Å². The first-order valence-electron chi connectivity index (χ1n) is 5.18. The summed E-state index contributed by atoms with van der Waals surface area (Å²) in [6, 6.07) is 0. The highest BCUT2D eigenvalue weighted by Gasteiger charge is 2.18. The minimum Gasteiger partial charge on any atom is -0.324 e. The molecular formula is C11H18NO3S+. The van der Waals surface area contributed by atoms with E-state index in [1.807, 2.05) is 32.3 Å². The molecule has 0 amide bonds. The van der Waals surface area contributed by atoms with Gasteiger partial charge in [-0.3, -0.25) is 4.55 Å². The van der Waals surface area contributed by atoms with E-state index < -0.39 is 10.1 Å². The highest BCUT2D eigenvalue weighted by Crippen LogP contribution is 2.09. The van der Waals surface area contributed by atoms with Crippen LogP contribution in [0.2, 0.25) is 0 Å². The maximum absolute atomic E-state index is 10.6. The average molecular weight is 244 g/mol. The quantitative estimate of drug-likeness (QED) is 0.431. The van der Waals surface area contributed by atoms with E-state index in [2.05, 4.69) is 5.73 Å². The number of hydrogen-bond donors (Lipinski definition) is 1.